The maximum Gasteiger partial charge on any atom is 0.388 e. The van der Waals surface area contributed by atoms with Crippen LogP contribution in [0, 0.1) is 6.92 Å². The van der Waals surface area contributed by atoms with E-state index in [2.05, 4.69) is 20.3 Å². The van der Waals surface area contributed by atoms with E-state index < -0.39 is 6.61 Å². The number of ether oxygens (including phenoxy) is 1. The third-order valence-electron chi connectivity index (χ3n) is 4.66. The second-order valence-corrected chi connectivity index (χ2v) is 7.28. The van der Waals surface area contributed by atoms with Gasteiger partial charge in [-0.15, -0.1) is 5.10 Å². The SMILES string of the molecule is Cc1c(OC(F)F)nn(C)c1-n1cc(-c2ccc(Cl)c(C(=O)NC3CC3)c2)cn1. The van der Waals surface area contributed by atoms with E-state index in [0.29, 0.717) is 22.0 Å². The molecule has 2 aromatic heterocycles. The van der Waals surface area contributed by atoms with Crippen molar-refractivity contribution in [2.45, 2.75) is 32.4 Å². The minimum absolute atomic E-state index is 0.153. The van der Waals surface area contributed by atoms with E-state index >= 15 is 0 Å². The molecule has 0 bridgehead atoms. The first-order chi connectivity index (χ1) is 13.8. The molecule has 0 spiro atoms. The summed E-state index contributed by atoms with van der Waals surface area (Å²) in [6.07, 6.45) is 5.31. The van der Waals surface area contributed by atoms with Gasteiger partial charge < -0.3 is 10.1 Å². The van der Waals surface area contributed by atoms with Gasteiger partial charge in [-0.2, -0.15) is 13.9 Å². The fourth-order valence-corrected chi connectivity index (χ4v) is 3.27. The van der Waals surface area contributed by atoms with E-state index in [-0.39, 0.29) is 17.8 Å². The van der Waals surface area contributed by atoms with Crippen molar-refractivity contribution < 1.29 is 18.3 Å². The van der Waals surface area contributed by atoms with Crippen LogP contribution in [-0.4, -0.2) is 38.1 Å². The molecule has 1 saturated carbocycles. The molecule has 10 heteroatoms. The van der Waals surface area contributed by atoms with Crippen molar-refractivity contribution in [3.63, 3.8) is 0 Å². The van der Waals surface area contributed by atoms with Crippen LogP contribution in [0.15, 0.2) is 30.6 Å². The first kappa shape index (κ1) is 19.4. The Morgan fingerprint density at radius 2 is 2.10 bits per heavy atom. The second kappa shape index (κ2) is 7.47. The molecule has 1 amide bonds. The standard InChI is InChI=1S/C19H18ClF2N5O2/c1-10-17(29-19(21)22)25-26(2)18(10)27-9-12(8-23-27)11-3-6-15(20)14(7-11)16(28)24-13-4-5-13/h3,6-9,13,19H,4-5H2,1-2H3,(H,24,28). The third-order valence-corrected chi connectivity index (χ3v) is 4.99. The van der Waals surface area contributed by atoms with Gasteiger partial charge in [0, 0.05) is 24.8 Å². The van der Waals surface area contributed by atoms with Crippen LogP contribution in [0.3, 0.4) is 0 Å². The zero-order valence-electron chi connectivity index (χ0n) is 15.7. The highest BCUT2D eigenvalue weighted by molar-refractivity contribution is 6.34. The molecule has 4 rings (SSSR count). The summed E-state index contributed by atoms with van der Waals surface area (Å²) >= 11 is 6.20. The predicted molar refractivity (Wildman–Crippen MR) is 103 cm³/mol. The molecule has 0 radical (unpaired) electrons. The Balaban J connectivity index is 1.65. The molecule has 0 unspecified atom stereocenters. The minimum atomic E-state index is -2.96. The summed E-state index contributed by atoms with van der Waals surface area (Å²) in [5.74, 6) is 0.135. The zero-order valence-corrected chi connectivity index (χ0v) is 16.5. The van der Waals surface area contributed by atoms with Gasteiger partial charge in [0.2, 0.25) is 5.88 Å². The lowest BCUT2D eigenvalue weighted by molar-refractivity contribution is -0.0535. The van der Waals surface area contributed by atoms with Gasteiger partial charge in [-0.25, -0.2) is 9.36 Å². The molecule has 2 heterocycles. The molecule has 1 fully saturated rings. The van der Waals surface area contributed by atoms with Crippen LogP contribution in [0.4, 0.5) is 8.78 Å². The van der Waals surface area contributed by atoms with Crippen molar-refractivity contribution in [1.82, 2.24) is 24.9 Å². The number of nitrogens with zero attached hydrogens (tertiary/aromatic N) is 4. The van der Waals surface area contributed by atoms with Crippen molar-refractivity contribution in [1.29, 1.82) is 0 Å². The summed E-state index contributed by atoms with van der Waals surface area (Å²) in [4.78, 5) is 12.4. The van der Waals surface area contributed by atoms with Crippen LogP contribution >= 0.6 is 11.6 Å². The van der Waals surface area contributed by atoms with E-state index in [9.17, 15) is 13.6 Å². The normalized spacial score (nSPS) is 13.7. The number of carbonyl (C=O) groups is 1. The molecule has 0 saturated heterocycles. The van der Waals surface area contributed by atoms with Crippen LogP contribution in [0.2, 0.25) is 5.02 Å². The average molecular weight is 422 g/mol. The van der Waals surface area contributed by atoms with E-state index in [1.165, 1.54) is 9.36 Å². The number of amides is 1. The summed E-state index contributed by atoms with van der Waals surface area (Å²) in [5, 5.41) is 11.6. The first-order valence-corrected chi connectivity index (χ1v) is 9.35. The van der Waals surface area contributed by atoms with Crippen molar-refractivity contribution >= 4 is 17.5 Å². The smallest absolute Gasteiger partial charge is 0.388 e. The lowest BCUT2D eigenvalue weighted by Gasteiger charge is -2.07. The highest BCUT2D eigenvalue weighted by atomic mass is 35.5. The van der Waals surface area contributed by atoms with Gasteiger partial charge >= 0.3 is 6.61 Å². The predicted octanol–water partition coefficient (Wildman–Crippen LogP) is 3.73. The lowest BCUT2D eigenvalue weighted by Crippen LogP contribution is -2.25. The highest BCUT2D eigenvalue weighted by Crippen LogP contribution is 2.29. The van der Waals surface area contributed by atoms with Crippen LogP contribution in [0.5, 0.6) is 5.88 Å². The molecule has 29 heavy (non-hydrogen) atoms. The maximum atomic E-state index is 12.6. The fourth-order valence-electron chi connectivity index (χ4n) is 3.07. The molecular weight excluding hydrogens is 404 g/mol. The number of aromatic nitrogens is 4. The van der Waals surface area contributed by atoms with Gasteiger partial charge in [-0.1, -0.05) is 17.7 Å². The largest absolute Gasteiger partial charge is 0.415 e. The molecule has 1 aromatic carbocycles. The van der Waals surface area contributed by atoms with Gasteiger partial charge in [-0.3, -0.25) is 4.79 Å². The Kier molecular flexibility index (Phi) is 4.99. The number of alkyl halides is 2. The number of nitrogens with one attached hydrogen (secondary N) is 1. The summed E-state index contributed by atoms with van der Waals surface area (Å²) < 4.78 is 32.5. The van der Waals surface area contributed by atoms with Crippen LogP contribution in [0.1, 0.15) is 28.8 Å². The number of rotatable bonds is 6. The van der Waals surface area contributed by atoms with Crippen LogP contribution in [0.25, 0.3) is 16.9 Å². The molecule has 1 N–H and O–H groups in total. The summed E-state index contributed by atoms with van der Waals surface area (Å²) in [7, 11) is 1.62. The Morgan fingerprint density at radius 3 is 2.79 bits per heavy atom. The average Bonchev–Trinajstić information content (AvgIpc) is 3.26. The Hall–Kier alpha value is -2.94. The monoisotopic (exact) mass is 421 g/mol. The fraction of sp³-hybridized carbons (Fsp3) is 0.316. The number of carbonyl (C=O) groups excluding carboxylic acids is 1. The van der Waals surface area contributed by atoms with Crippen molar-refractivity contribution in [3.8, 4) is 22.8 Å². The first-order valence-electron chi connectivity index (χ1n) is 8.97. The number of benzene rings is 1. The molecule has 152 valence electrons. The number of aryl methyl sites for hydroxylation is 1. The Labute approximate surface area is 170 Å². The van der Waals surface area contributed by atoms with Gasteiger partial charge in [-0.05, 0) is 37.5 Å². The number of halogens is 3. The van der Waals surface area contributed by atoms with Gasteiger partial charge in [0.05, 0.1) is 22.3 Å². The van der Waals surface area contributed by atoms with Gasteiger partial charge in [0.1, 0.15) is 0 Å². The summed E-state index contributed by atoms with van der Waals surface area (Å²) in [6.45, 7) is -1.33. The Morgan fingerprint density at radius 1 is 1.34 bits per heavy atom. The Bertz CT molecular complexity index is 1070. The van der Waals surface area contributed by atoms with E-state index in [0.717, 1.165) is 24.0 Å². The third kappa shape index (κ3) is 3.95. The van der Waals surface area contributed by atoms with E-state index in [4.69, 9.17) is 11.6 Å². The lowest BCUT2D eigenvalue weighted by atomic mass is 10.1. The molecule has 1 aliphatic carbocycles. The van der Waals surface area contributed by atoms with E-state index in [1.807, 2.05) is 0 Å². The van der Waals surface area contributed by atoms with Crippen molar-refractivity contribution in [3.05, 3.63) is 46.7 Å². The molecule has 0 aliphatic heterocycles. The van der Waals surface area contributed by atoms with E-state index in [1.54, 1.807) is 44.6 Å². The summed E-state index contributed by atoms with van der Waals surface area (Å²) in [6, 6.07) is 5.39. The molecular formula is C19H18ClF2N5O2. The van der Waals surface area contributed by atoms with Gasteiger partial charge in [0.25, 0.3) is 5.91 Å². The molecule has 7 nitrogen and oxygen atoms in total. The van der Waals surface area contributed by atoms with Gasteiger partial charge in [0.15, 0.2) is 5.82 Å². The quantitative estimate of drug-likeness (QED) is 0.658. The molecule has 1 aliphatic rings. The van der Waals surface area contributed by atoms with Crippen LogP contribution < -0.4 is 10.1 Å². The summed E-state index contributed by atoms with van der Waals surface area (Å²) in [5.41, 5.74) is 2.32. The van der Waals surface area contributed by atoms with Crippen LogP contribution in [-0.2, 0) is 7.05 Å². The molecule has 3 aromatic rings. The zero-order chi connectivity index (χ0) is 20.7. The maximum absolute atomic E-state index is 12.6. The minimum Gasteiger partial charge on any atom is -0.415 e. The number of hydrogen-bond acceptors (Lipinski definition) is 4. The topological polar surface area (TPSA) is 74.0 Å². The number of hydrogen-bond donors (Lipinski definition) is 1. The van der Waals surface area contributed by atoms with Crippen molar-refractivity contribution in [2.24, 2.45) is 7.05 Å². The highest BCUT2D eigenvalue weighted by Gasteiger charge is 2.25. The molecule has 0 atom stereocenters. The van der Waals surface area contributed by atoms with Crippen molar-refractivity contribution in [2.75, 3.05) is 0 Å². The second-order valence-electron chi connectivity index (χ2n) is 6.87.